The van der Waals surface area contributed by atoms with Crippen molar-refractivity contribution in [3.8, 4) is 0 Å². The SMILES string of the molecule is Cc1ccc(C(N)=O)cc1C(F)(F)F. The Bertz CT molecular complexity index is 371. The van der Waals surface area contributed by atoms with Crippen LogP contribution in [0.3, 0.4) is 0 Å². The molecular weight excluding hydrogens is 195 g/mol. The number of hydrogen-bond donors (Lipinski definition) is 1. The molecule has 0 saturated carbocycles. The molecular formula is C9H8F3NO. The van der Waals surface area contributed by atoms with E-state index in [4.69, 9.17) is 5.73 Å². The molecule has 0 unspecified atom stereocenters. The molecule has 0 saturated heterocycles. The first-order valence-corrected chi connectivity index (χ1v) is 3.80. The van der Waals surface area contributed by atoms with E-state index in [1.54, 1.807) is 0 Å². The van der Waals surface area contributed by atoms with Crippen molar-refractivity contribution in [2.75, 3.05) is 0 Å². The van der Waals surface area contributed by atoms with Gasteiger partial charge in [0.25, 0.3) is 0 Å². The van der Waals surface area contributed by atoms with Gasteiger partial charge in [0.15, 0.2) is 0 Å². The quantitative estimate of drug-likeness (QED) is 0.746. The highest BCUT2D eigenvalue weighted by Crippen LogP contribution is 2.32. The fraction of sp³-hybridized carbons (Fsp3) is 0.222. The summed E-state index contributed by atoms with van der Waals surface area (Å²) >= 11 is 0. The summed E-state index contributed by atoms with van der Waals surface area (Å²) in [5, 5.41) is 0. The van der Waals surface area contributed by atoms with E-state index < -0.39 is 17.6 Å². The monoisotopic (exact) mass is 203 g/mol. The molecule has 0 spiro atoms. The van der Waals surface area contributed by atoms with Gasteiger partial charge >= 0.3 is 6.18 Å². The maximum Gasteiger partial charge on any atom is 0.416 e. The Morgan fingerprint density at radius 3 is 2.36 bits per heavy atom. The zero-order valence-electron chi connectivity index (χ0n) is 7.35. The molecule has 0 aliphatic carbocycles. The molecule has 2 nitrogen and oxygen atoms in total. The minimum atomic E-state index is -4.45. The van der Waals surface area contributed by atoms with Gasteiger partial charge in [0.1, 0.15) is 0 Å². The second kappa shape index (κ2) is 3.32. The lowest BCUT2D eigenvalue weighted by Gasteiger charge is -2.10. The maximum atomic E-state index is 12.3. The summed E-state index contributed by atoms with van der Waals surface area (Å²) < 4.78 is 37.0. The Kier molecular flexibility index (Phi) is 2.51. The van der Waals surface area contributed by atoms with E-state index >= 15 is 0 Å². The molecule has 0 aliphatic heterocycles. The van der Waals surface area contributed by atoms with Crippen molar-refractivity contribution in [3.63, 3.8) is 0 Å². The summed E-state index contributed by atoms with van der Waals surface area (Å²) in [5.74, 6) is -0.865. The van der Waals surface area contributed by atoms with Gasteiger partial charge in [-0.05, 0) is 24.6 Å². The third kappa shape index (κ3) is 2.04. The Morgan fingerprint density at radius 2 is 1.93 bits per heavy atom. The predicted octanol–water partition coefficient (Wildman–Crippen LogP) is 2.11. The normalized spacial score (nSPS) is 11.4. The number of amides is 1. The van der Waals surface area contributed by atoms with Gasteiger partial charge < -0.3 is 5.73 Å². The molecule has 0 heterocycles. The zero-order chi connectivity index (χ0) is 10.9. The van der Waals surface area contributed by atoms with Gasteiger partial charge in [-0.3, -0.25) is 4.79 Å². The maximum absolute atomic E-state index is 12.3. The van der Waals surface area contributed by atoms with Crippen LogP contribution in [0.4, 0.5) is 13.2 Å². The van der Waals surface area contributed by atoms with Crippen molar-refractivity contribution >= 4 is 5.91 Å². The highest BCUT2D eigenvalue weighted by Gasteiger charge is 2.32. The van der Waals surface area contributed by atoms with Crippen molar-refractivity contribution in [1.82, 2.24) is 0 Å². The largest absolute Gasteiger partial charge is 0.416 e. The van der Waals surface area contributed by atoms with E-state index in [9.17, 15) is 18.0 Å². The number of nitrogens with two attached hydrogens (primary N) is 1. The van der Waals surface area contributed by atoms with Crippen LogP contribution in [0, 0.1) is 6.92 Å². The van der Waals surface area contributed by atoms with Crippen molar-refractivity contribution < 1.29 is 18.0 Å². The molecule has 1 aromatic rings. The number of hydrogen-bond acceptors (Lipinski definition) is 1. The number of primary amides is 1. The number of halogens is 3. The third-order valence-corrected chi connectivity index (χ3v) is 1.83. The van der Waals surface area contributed by atoms with Crippen LogP contribution in [-0.4, -0.2) is 5.91 Å². The van der Waals surface area contributed by atoms with E-state index in [0.29, 0.717) is 0 Å². The van der Waals surface area contributed by atoms with E-state index in [2.05, 4.69) is 0 Å². The van der Waals surface area contributed by atoms with Crippen LogP contribution in [0.15, 0.2) is 18.2 Å². The summed E-state index contributed by atoms with van der Waals surface area (Å²) in [6.07, 6.45) is -4.45. The molecule has 0 fully saturated rings. The Morgan fingerprint density at radius 1 is 1.36 bits per heavy atom. The average molecular weight is 203 g/mol. The molecule has 14 heavy (non-hydrogen) atoms. The number of benzene rings is 1. The molecule has 2 N–H and O–H groups in total. The predicted molar refractivity (Wildman–Crippen MR) is 44.7 cm³/mol. The van der Waals surface area contributed by atoms with Crippen LogP contribution in [0.5, 0.6) is 0 Å². The lowest BCUT2D eigenvalue weighted by atomic mass is 10.0. The van der Waals surface area contributed by atoms with Crippen LogP contribution < -0.4 is 5.73 Å². The minimum Gasteiger partial charge on any atom is -0.366 e. The number of rotatable bonds is 1. The number of carbonyl (C=O) groups is 1. The van der Waals surface area contributed by atoms with Gasteiger partial charge in [0.05, 0.1) is 5.56 Å². The van der Waals surface area contributed by atoms with Crippen LogP contribution in [-0.2, 0) is 6.18 Å². The molecule has 1 amide bonds. The van der Waals surface area contributed by atoms with Crippen molar-refractivity contribution in [1.29, 1.82) is 0 Å². The van der Waals surface area contributed by atoms with E-state index in [1.165, 1.54) is 19.1 Å². The third-order valence-electron chi connectivity index (χ3n) is 1.83. The zero-order valence-corrected chi connectivity index (χ0v) is 7.35. The van der Waals surface area contributed by atoms with Crippen LogP contribution in [0.1, 0.15) is 21.5 Å². The van der Waals surface area contributed by atoms with Crippen LogP contribution >= 0.6 is 0 Å². The molecule has 0 aliphatic rings. The van der Waals surface area contributed by atoms with Crippen molar-refractivity contribution in [2.24, 2.45) is 5.73 Å². The molecule has 0 aromatic heterocycles. The lowest BCUT2D eigenvalue weighted by Crippen LogP contribution is -2.14. The minimum absolute atomic E-state index is 0.0718. The van der Waals surface area contributed by atoms with Gasteiger partial charge in [-0.25, -0.2) is 0 Å². The van der Waals surface area contributed by atoms with Gasteiger partial charge in [-0.15, -0.1) is 0 Å². The van der Waals surface area contributed by atoms with Crippen molar-refractivity contribution in [3.05, 3.63) is 34.9 Å². The summed E-state index contributed by atoms with van der Waals surface area (Å²) in [4.78, 5) is 10.6. The fourth-order valence-corrected chi connectivity index (χ4v) is 1.08. The highest BCUT2D eigenvalue weighted by molar-refractivity contribution is 5.93. The topological polar surface area (TPSA) is 43.1 Å². The summed E-state index contributed by atoms with van der Waals surface area (Å²) in [6.45, 7) is 1.33. The van der Waals surface area contributed by atoms with Gasteiger partial charge in [-0.2, -0.15) is 13.2 Å². The Balaban J connectivity index is 3.29. The van der Waals surface area contributed by atoms with Gasteiger partial charge in [-0.1, -0.05) is 6.07 Å². The fourth-order valence-electron chi connectivity index (χ4n) is 1.08. The standard InChI is InChI=1S/C9H8F3NO/c1-5-2-3-6(8(13)14)4-7(5)9(10,11)12/h2-4H,1H3,(H2,13,14). The molecule has 76 valence electrons. The van der Waals surface area contributed by atoms with E-state index in [1.807, 2.05) is 0 Å². The first kappa shape index (κ1) is 10.6. The Labute approximate surface area is 78.5 Å². The van der Waals surface area contributed by atoms with E-state index in [0.717, 1.165) is 6.07 Å². The summed E-state index contributed by atoms with van der Waals surface area (Å²) in [6, 6.07) is 3.26. The molecule has 1 rings (SSSR count). The lowest BCUT2D eigenvalue weighted by molar-refractivity contribution is -0.138. The van der Waals surface area contributed by atoms with Crippen LogP contribution in [0.2, 0.25) is 0 Å². The second-order valence-corrected chi connectivity index (χ2v) is 2.89. The first-order valence-electron chi connectivity index (χ1n) is 3.80. The number of alkyl halides is 3. The molecule has 5 heteroatoms. The average Bonchev–Trinajstić information content (AvgIpc) is 2.02. The van der Waals surface area contributed by atoms with Crippen molar-refractivity contribution in [2.45, 2.75) is 13.1 Å². The number of aryl methyl sites for hydroxylation is 1. The molecule has 0 bridgehead atoms. The smallest absolute Gasteiger partial charge is 0.366 e. The van der Waals surface area contributed by atoms with Crippen LogP contribution in [0.25, 0.3) is 0 Å². The van der Waals surface area contributed by atoms with E-state index in [-0.39, 0.29) is 11.1 Å². The van der Waals surface area contributed by atoms with Gasteiger partial charge in [0, 0.05) is 5.56 Å². The summed E-state index contributed by atoms with van der Waals surface area (Å²) in [5.41, 5.74) is 3.98. The highest BCUT2D eigenvalue weighted by atomic mass is 19.4. The second-order valence-electron chi connectivity index (χ2n) is 2.89. The molecule has 1 aromatic carbocycles. The summed E-state index contributed by atoms with van der Waals surface area (Å²) in [7, 11) is 0. The Hall–Kier alpha value is -1.52. The van der Waals surface area contributed by atoms with Gasteiger partial charge in [0.2, 0.25) is 5.91 Å². The first-order chi connectivity index (χ1) is 6.32. The molecule has 0 atom stereocenters. The molecule has 0 radical (unpaired) electrons. The number of carbonyl (C=O) groups excluding carboxylic acids is 1.